The van der Waals surface area contributed by atoms with E-state index < -0.39 is 0 Å². The zero-order chi connectivity index (χ0) is 5.86. The van der Waals surface area contributed by atoms with Crippen LogP contribution in [0.3, 0.4) is 0 Å². The minimum Gasteiger partial charge on any atom is -0.299 e. The van der Waals surface area contributed by atoms with Gasteiger partial charge in [-0.25, -0.2) is 0 Å². The molecule has 1 heteroatoms. The van der Waals surface area contributed by atoms with Crippen LogP contribution in [0.25, 0.3) is 0 Å². The third-order valence-electron chi connectivity index (χ3n) is 1.10. The van der Waals surface area contributed by atoms with Crippen LogP contribution in [0.2, 0.25) is 0 Å². The van der Waals surface area contributed by atoms with Crippen LogP contribution in [0.1, 0.15) is 20.8 Å². The van der Waals surface area contributed by atoms with Gasteiger partial charge in [-0.2, -0.15) is 0 Å². The molecule has 0 N–H and O–H groups in total. The maximum atomic E-state index is 9.91. The maximum absolute atomic E-state index is 9.91. The van der Waals surface area contributed by atoms with E-state index in [1.807, 2.05) is 20.8 Å². The highest BCUT2D eigenvalue weighted by Crippen LogP contribution is 2.05. The molecule has 0 fully saturated rings. The minimum absolute atomic E-state index is 0.414. The standard InChI is InChI=1S/C6H11O/c1-5(2)6(3)4-7/h4-5H,1-3H3/b6-4+. The van der Waals surface area contributed by atoms with E-state index in [1.54, 1.807) is 0 Å². The molecule has 1 radical (unpaired) electrons. The summed E-state index contributed by atoms with van der Waals surface area (Å²) < 4.78 is 0. The minimum atomic E-state index is 0.414. The monoisotopic (exact) mass is 99.1 g/mol. The van der Waals surface area contributed by atoms with Crippen molar-refractivity contribution in [3.63, 3.8) is 0 Å². The van der Waals surface area contributed by atoms with Gasteiger partial charge in [-0.3, -0.25) is 5.11 Å². The first-order chi connectivity index (χ1) is 3.18. The molecule has 0 spiro atoms. The largest absolute Gasteiger partial charge is 0.299 e. The van der Waals surface area contributed by atoms with Gasteiger partial charge in [0.15, 0.2) is 0 Å². The number of hydrogen-bond donors (Lipinski definition) is 0. The molecule has 0 aromatic carbocycles. The Hall–Kier alpha value is -0.460. The molecule has 0 rings (SSSR count). The van der Waals surface area contributed by atoms with Gasteiger partial charge in [0.25, 0.3) is 0 Å². The molecule has 0 heterocycles. The van der Waals surface area contributed by atoms with Crippen LogP contribution < -0.4 is 0 Å². The lowest BCUT2D eigenvalue weighted by Gasteiger charge is -1.97. The lowest BCUT2D eigenvalue weighted by atomic mass is 10.1. The highest BCUT2D eigenvalue weighted by molar-refractivity contribution is 4.94. The second kappa shape index (κ2) is 2.67. The molecular formula is C6H11O. The zero-order valence-electron chi connectivity index (χ0n) is 5.06. The van der Waals surface area contributed by atoms with Crippen LogP contribution in [0.5, 0.6) is 0 Å². The van der Waals surface area contributed by atoms with Gasteiger partial charge in [-0.1, -0.05) is 13.8 Å². The molecule has 0 aromatic heterocycles. The van der Waals surface area contributed by atoms with Gasteiger partial charge in [0.2, 0.25) is 0 Å². The average Bonchev–Trinajstić information content (AvgIpc) is 1.65. The molecule has 0 aliphatic heterocycles. The summed E-state index contributed by atoms with van der Waals surface area (Å²) in [6.07, 6.45) is 0.907. The van der Waals surface area contributed by atoms with E-state index in [4.69, 9.17) is 0 Å². The van der Waals surface area contributed by atoms with Crippen molar-refractivity contribution < 1.29 is 5.11 Å². The molecule has 0 bridgehead atoms. The summed E-state index contributed by atoms with van der Waals surface area (Å²) in [5.41, 5.74) is 0.917. The van der Waals surface area contributed by atoms with E-state index in [0.717, 1.165) is 11.8 Å². The quantitative estimate of drug-likeness (QED) is 0.448. The Morgan fingerprint density at radius 1 is 1.57 bits per heavy atom. The SMILES string of the molecule is C/C(=C\[O])C(C)C. The lowest BCUT2D eigenvalue weighted by Crippen LogP contribution is -1.86. The molecule has 0 unspecified atom stereocenters. The van der Waals surface area contributed by atoms with Crippen molar-refractivity contribution in [3.05, 3.63) is 11.8 Å². The number of allylic oxidation sites excluding steroid dienone is 1. The van der Waals surface area contributed by atoms with E-state index in [2.05, 4.69) is 0 Å². The number of hydrogen-bond acceptors (Lipinski definition) is 0. The summed E-state index contributed by atoms with van der Waals surface area (Å²) in [5.74, 6) is 0.414. The summed E-state index contributed by atoms with van der Waals surface area (Å²) in [6, 6.07) is 0. The molecule has 41 valence electrons. The molecule has 0 aliphatic carbocycles. The summed E-state index contributed by atoms with van der Waals surface area (Å²) in [6.45, 7) is 5.85. The van der Waals surface area contributed by atoms with Crippen molar-refractivity contribution in [1.82, 2.24) is 0 Å². The van der Waals surface area contributed by atoms with Crippen LogP contribution in [-0.4, -0.2) is 0 Å². The zero-order valence-corrected chi connectivity index (χ0v) is 5.06. The molecule has 0 amide bonds. The Morgan fingerprint density at radius 3 is 2.00 bits per heavy atom. The van der Waals surface area contributed by atoms with Crippen molar-refractivity contribution in [2.24, 2.45) is 5.92 Å². The van der Waals surface area contributed by atoms with E-state index in [0.29, 0.717) is 5.92 Å². The van der Waals surface area contributed by atoms with Gasteiger partial charge >= 0.3 is 0 Å². The Labute approximate surface area is 44.7 Å². The second-order valence-corrected chi connectivity index (χ2v) is 2.02. The molecule has 1 nitrogen and oxygen atoms in total. The molecule has 0 atom stereocenters. The van der Waals surface area contributed by atoms with Gasteiger partial charge in [0.05, 0.1) is 0 Å². The first kappa shape index (κ1) is 6.54. The first-order valence-electron chi connectivity index (χ1n) is 2.47. The smallest absolute Gasteiger partial charge is 0.142 e. The predicted octanol–water partition coefficient (Wildman–Crippen LogP) is 1.98. The summed E-state index contributed by atoms with van der Waals surface area (Å²) in [4.78, 5) is 0. The van der Waals surface area contributed by atoms with Gasteiger partial charge < -0.3 is 0 Å². The van der Waals surface area contributed by atoms with Crippen molar-refractivity contribution in [1.29, 1.82) is 0 Å². The van der Waals surface area contributed by atoms with Gasteiger partial charge in [-0.15, -0.1) is 0 Å². The summed E-state index contributed by atoms with van der Waals surface area (Å²) >= 11 is 0. The highest BCUT2D eigenvalue weighted by atomic mass is 16.2. The predicted molar refractivity (Wildman–Crippen MR) is 29.3 cm³/mol. The van der Waals surface area contributed by atoms with Crippen LogP contribution in [0.4, 0.5) is 0 Å². The Bertz CT molecular complexity index is 72.2. The Balaban J connectivity index is 3.56. The fourth-order valence-electron chi connectivity index (χ4n) is 0.136. The Kier molecular flexibility index (Phi) is 2.49. The third kappa shape index (κ3) is 2.26. The van der Waals surface area contributed by atoms with Crippen molar-refractivity contribution >= 4 is 0 Å². The molecule has 0 aliphatic rings. The van der Waals surface area contributed by atoms with Crippen LogP contribution in [-0.2, 0) is 5.11 Å². The van der Waals surface area contributed by atoms with Crippen molar-refractivity contribution in [2.75, 3.05) is 0 Å². The van der Waals surface area contributed by atoms with E-state index in [9.17, 15) is 5.11 Å². The van der Waals surface area contributed by atoms with Crippen LogP contribution in [0, 0.1) is 5.92 Å². The molecule has 0 saturated heterocycles. The molecule has 7 heavy (non-hydrogen) atoms. The van der Waals surface area contributed by atoms with Crippen LogP contribution >= 0.6 is 0 Å². The Morgan fingerprint density at radius 2 is 2.00 bits per heavy atom. The van der Waals surface area contributed by atoms with E-state index >= 15 is 0 Å². The summed E-state index contributed by atoms with van der Waals surface area (Å²) in [5, 5.41) is 9.91. The summed E-state index contributed by atoms with van der Waals surface area (Å²) in [7, 11) is 0. The normalized spacial score (nSPS) is 12.9. The van der Waals surface area contributed by atoms with Gasteiger partial charge in [-0.05, 0) is 18.4 Å². The fraction of sp³-hybridized carbons (Fsp3) is 0.667. The number of rotatable bonds is 1. The maximum Gasteiger partial charge on any atom is 0.142 e. The van der Waals surface area contributed by atoms with E-state index in [1.165, 1.54) is 0 Å². The molecular weight excluding hydrogens is 88.1 g/mol. The lowest BCUT2D eigenvalue weighted by molar-refractivity contribution is 0.342. The molecule has 0 aromatic rings. The van der Waals surface area contributed by atoms with Crippen LogP contribution in [0.15, 0.2) is 11.8 Å². The van der Waals surface area contributed by atoms with Crippen molar-refractivity contribution in [2.45, 2.75) is 20.8 Å². The van der Waals surface area contributed by atoms with Gasteiger partial charge in [0, 0.05) is 0 Å². The first-order valence-corrected chi connectivity index (χ1v) is 2.47. The molecule has 0 saturated carbocycles. The van der Waals surface area contributed by atoms with E-state index in [-0.39, 0.29) is 0 Å². The topological polar surface area (TPSA) is 19.9 Å². The third-order valence-corrected chi connectivity index (χ3v) is 1.10. The fourth-order valence-corrected chi connectivity index (χ4v) is 0.136. The highest BCUT2D eigenvalue weighted by Gasteiger charge is 1.93. The average molecular weight is 99.2 g/mol. The second-order valence-electron chi connectivity index (χ2n) is 2.02. The van der Waals surface area contributed by atoms with Crippen molar-refractivity contribution in [3.8, 4) is 0 Å². The van der Waals surface area contributed by atoms with Gasteiger partial charge in [0.1, 0.15) is 6.26 Å².